The van der Waals surface area contributed by atoms with E-state index in [0.717, 1.165) is 56.6 Å². The van der Waals surface area contributed by atoms with Crippen molar-refractivity contribution in [2.75, 3.05) is 20.2 Å². The Bertz CT molecular complexity index is 915. The molecule has 2 saturated carbocycles. The van der Waals surface area contributed by atoms with Crippen molar-refractivity contribution in [1.82, 2.24) is 10.2 Å². The maximum absolute atomic E-state index is 13.4. The molecule has 5 rings (SSSR count). The number of hydrogen-bond donors (Lipinski definition) is 2. The van der Waals surface area contributed by atoms with E-state index in [-0.39, 0.29) is 17.9 Å². The molecule has 3 fully saturated rings. The SMILES string of the molecule is COc1cccc(CN2CC3C(C2)C3NC(=O)C(O)(c2ccccc2)C2CCCC2)c1. The van der Waals surface area contributed by atoms with Crippen molar-refractivity contribution >= 4 is 5.91 Å². The molecule has 3 atom stereocenters. The van der Waals surface area contributed by atoms with Gasteiger partial charge in [0.2, 0.25) is 0 Å². The number of nitrogens with one attached hydrogen (secondary N) is 1. The molecule has 164 valence electrons. The average Bonchev–Trinajstić information content (AvgIpc) is 3.21. The lowest BCUT2D eigenvalue weighted by Gasteiger charge is -2.33. The van der Waals surface area contributed by atoms with Gasteiger partial charge in [0, 0.05) is 31.6 Å². The highest BCUT2D eigenvalue weighted by Gasteiger charge is 2.58. The van der Waals surface area contributed by atoms with E-state index in [0.29, 0.717) is 11.8 Å². The summed E-state index contributed by atoms with van der Waals surface area (Å²) in [5, 5.41) is 14.9. The summed E-state index contributed by atoms with van der Waals surface area (Å²) in [6.07, 6.45) is 3.98. The molecule has 5 nitrogen and oxygen atoms in total. The van der Waals surface area contributed by atoms with Gasteiger partial charge in [0.25, 0.3) is 5.91 Å². The highest BCUT2D eigenvalue weighted by molar-refractivity contribution is 5.87. The van der Waals surface area contributed by atoms with Crippen molar-refractivity contribution in [2.45, 2.75) is 43.9 Å². The van der Waals surface area contributed by atoms with Gasteiger partial charge in [-0.2, -0.15) is 0 Å². The number of rotatable bonds is 7. The van der Waals surface area contributed by atoms with Gasteiger partial charge < -0.3 is 15.2 Å². The Hall–Kier alpha value is -2.37. The topological polar surface area (TPSA) is 61.8 Å². The van der Waals surface area contributed by atoms with Gasteiger partial charge in [0.1, 0.15) is 5.75 Å². The molecule has 2 aromatic rings. The standard InChI is InChI=1S/C26H32N2O3/c1-31-21-13-7-8-18(14-21)15-28-16-22-23(17-28)24(22)27-25(29)26(30,20-11-5-6-12-20)19-9-3-2-4-10-19/h2-4,7-10,13-14,20,22-24,30H,5-6,11-12,15-17H2,1H3,(H,27,29). The number of likely N-dealkylation sites (tertiary alicyclic amines) is 1. The molecule has 3 unspecified atom stereocenters. The zero-order chi connectivity index (χ0) is 21.4. The van der Waals surface area contributed by atoms with E-state index in [4.69, 9.17) is 4.74 Å². The van der Waals surface area contributed by atoms with Crippen LogP contribution in [0.5, 0.6) is 5.75 Å². The Balaban J connectivity index is 1.22. The van der Waals surface area contributed by atoms with Crippen LogP contribution in [0.4, 0.5) is 0 Å². The molecule has 0 bridgehead atoms. The van der Waals surface area contributed by atoms with Crippen LogP contribution in [0.15, 0.2) is 54.6 Å². The summed E-state index contributed by atoms with van der Waals surface area (Å²) in [4.78, 5) is 15.8. The van der Waals surface area contributed by atoms with E-state index in [2.05, 4.69) is 22.3 Å². The lowest BCUT2D eigenvalue weighted by atomic mass is 9.79. The fourth-order valence-corrected chi connectivity index (χ4v) is 5.84. The number of carbonyl (C=O) groups excluding carboxylic acids is 1. The fourth-order valence-electron chi connectivity index (χ4n) is 5.84. The summed E-state index contributed by atoms with van der Waals surface area (Å²) < 4.78 is 5.33. The van der Waals surface area contributed by atoms with Crippen LogP contribution in [0.3, 0.4) is 0 Å². The number of benzene rings is 2. The fraction of sp³-hybridized carbons (Fsp3) is 0.500. The molecule has 31 heavy (non-hydrogen) atoms. The molecule has 1 saturated heterocycles. The lowest BCUT2D eigenvalue weighted by Crippen LogP contribution is -2.50. The van der Waals surface area contributed by atoms with Crippen molar-refractivity contribution < 1.29 is 14.6 Å². The third-order valence-electron chi connectivity index (χ3n) is 7.61. The molecule has 1 amide bonds. The first-order valence-corrected chi connectivity index (χ1v) is 11.5. The molecular formula is C26H32N2O3. The number of fused-ring (bicyclic) bond motifs is 1. The number of ether oxygens (including phenoxy) is 1. The molecule has 2 N–H and O–H groups in total. The quantitative estimate of drug-likeness (QED) is 0.721. The number of methoxy groups -OCH3 is 1. The zero-order valence-corrected chi connectivity index (χ0v) is 18.2. The minimum Gasteiger partial charge on any atom is -0.497 e. The molecule has 5 heteroatoms. The van der Waals surface area contributed by atoms with Crippen LogP contribution in [0, 0.1) is 17.8 Å². The highest BCUT2D eigenvalue weighted by atomic mass is 16.5. The zero-order valence-electron chi connectivity index (χ0n) is 18.2. The first kappa shape index (κ1) is 20.5. The van der Waals surface area contributed by atoms with Crippen molar-refractivity contribution in [2.24, 2.45) is 17.8 Å². The third kappa shape index (κ3) is 3.85. The Kier molecular flexibility index (Phi) is 5.49. The van der Waals surface area contributed by atoms with E-state index < -0.39 is 5.60 Å². The van der Waals surface area contributed by atoms with Gasteiger partial charge in [-0.25, -0.2) is 0 Å². The summed E-state index contributed by atoms with van der Waals surface area (Å²) in [6, 6.07) is 17.9. The predicted octanol–water partition coefficient (Wildman–Crippen LogP) is 3.32. The lowest BCUT2D eigenvalue weighted by molar-refractivity contribution is -0.147. The molecule has 0 aromatic heterocycles. The van der Waals surface area contributed by atoms with Crippen LogP contribution in [0.2, 0.25) is 0 Å². The summed E-state index contributed by atoms with van der Waals surface area (Å²) in [6.45, 7) is 2.88. The predicted molar refractivity (Wildman–Crippen MR) is 119 cm³/mol. The minimum atomic E-state index is -1.42. The Morgan fingerprint density at radius 2 is 1.81 bits per heavy atom. The molecule has 2 aromatic carbocycles. The molecule has 1 aliphatic heterocycles. The normalized spacial score (nSPS) is 27.5. The summed E-state index contributed by atoms with van der Waals surface area (Å²) in [5.74, 6) is 1.65. The van der Waals surface area contributed by atoms with E-state index in [1.54, 1.807) is 7.11 Å². The second kappa shape index (κ2) is 8.29. The number of hydrogen-bond acceptors (Lipinski definition) is 4. The third-order valence-corrected chi connectivity index (χ3v) is 7.61. The van der Waals surface area contributed by atoms with Gasteiger partial charge >= 0.3 is 0 Å². The number of amides is 1. The van der Waals surface area contributed by atoms with Crippen LogP contribution in [0.25, 0.3) is 0 Å². The Labute approximate surface area is 184 Å². The van der Waals surface area contributed by atoms with Crippen molar-refractivity contribution in [1.29, 1.82) is 0 Å². The first-order valence-electron chi connectivity index (χ1n) is 11.5. The average molecular weight is 421 g/mol. The van der Waals surface area contributed by atoms with Gasteiger partial charge in [0.05, 0.1) is 7.11 Å². The van der Waals surface area contributed by atoms with E-state index >= 15 is 0 Å². The molecule has 0 spiro atoms. The van der Waals surface area contributed by atoms with Crippen LogP contribution >= 0.6 is 0 Å². The first-order chi connectivity index (χ1) is 15.1. The summed E-state index contributed by atoms with van der Waals surface area (Å²) in [7, 11) is 1.69. The molecule has 2 aliphatic carbocycles. The number of nitrogens with zero attached hydrogens (tertiary/aromatic N) is 1. The van der Waals surface area contributed by atoms with Gasteiger partial charge in [-0.15, -0.1) is 0 Å². The van der Waals surface area contributed by atoms with Crippen LogP contribution in [0.1, 0.15) is 36.8 Å². The van der Waals surface area contributed by atoms with Crippen LogP contribution in [-0.4, -0.2) is 42.2 Å². The van der Waals surface area contributed by atoms with Gasteiger partial charge in [-0.1, -0.05) is 55.3 Å². The van der Waals surface area contributed by atoms with Crippen molar-refractivity contribution in [3.63, 3.8) is 0 Å². The number of aliphatic hydroxyl groups is 1. The van der Waals surface area contributed by atoms with E-state index in [1.807, 2.05) is 42.5 Å². The van der Waals surface area contributed by atoms with E-state index in [1.165, 1.54) is 5.56 Å². The molecule has 0 radical (unpaired) electrons. The molecule has 3 aliphatic rings. The second-order valence-corrected chi connectivity index (χ2v) is 9.49. The number of piperidine rings is 1. The van der Waals surface area contributed by atoms with Crippen molar-refractivity contribution in [3.8, 4) is 5.75 Å². The maximum Gasteiger partial charge on any atom is 0.257 e. The Morgan fingerprint density at radius 1 is 1.10 bits per heavy atom. The highest BCUT2D eigenvalue weighted by Crippen LogP contribution is 2.47. The van der Waals surface area contributed by atoms with E-state index in [9.17, 15) is 9.90 Å². The Morgan fingerprint density at radius 3 is 2.48 bits per heavy atom. The van der Waals surface area contributed by atoms with Crippen LogP contribution < -0.4 is 10.1 Å². The minimum absolute atomic E-state index is 0.00181. The smallest absolute Gasteiger partial charge is 0.257 e. The summed E-state index contributed by atoms with van der Waals surface area (Å²) in [5.41, 5.74) is 0.556. The summed E-state index contributed by atoms with van der Waals surface area (Å²) >= 11 is 0. The van der Waals surface area contributed by atoms with Gasteiger partial charge in [-0.3, -0.25) is 9.69 Å². The monoisotopic (exact) mass is 420 g/mol. The second-order valence-electron chi connectivity index (χ2n) is 9.49. The largest absolute Gasteiger partial charge is 0.497 e. The van der Waals surface area contributed by atoms with Gasteiger partial charge in [0.15, 0.2) is 5.60 Å². The van der Waals surface area contributed by atoms with Crippen LogP contribution in [-0.2, 0) is 16.9 Å². The molecule has 1 heterocycles. The number of carbonyl (C=O) groups is 1. The maximum atomic E-state index is 13.4. The van der Waals surface area contributed by atoms with Crippen molar-refractivity contribution in [3.05, 3.63) is 65.7 Å². The van der Waals surface area contributed by atoms with Gasteiger partial charge in [-0.05, 0) is 47.9 Å². The molecular weight excluding hydrogens is 388 g/mol.